The zero-order valence-electron chi connectivity index (χ0n) is 19.2. The molecule has 34 heavy (non-hydrogen) atoms. The average Bonchev–Trinajstić information content (AvgIpc) is 3.24. The van der Waals surface area contributed by atoms with Gasteiger partial charge in [-0.15, -0.1) is 5.10 Å². The molecule has 3 aromatic carbocycles. The third kappa shape index (κ3) is 5.58. The van der Waals surface area contributed by atoms with E-state index in [2.05, 4.69) is 20.7 Å². The largest absolute Gasteiger partial charge is 0.462 e. The number of hydrogen-bond acceptors (Lipinski definition) is 4. The van der Waals surface area contributed by atoms with Crippen molar-refractivity contribution < 1.29 is 13.9 Å². The van der Waals surface area contributed by atoms with E-state index >= 15 is 0 Å². The van der Waals surface area contributed by atoms with E-state index in [0.29, 0.717) is 35.3 Å². The molecule has 4 rings (SSSR count). The molecular weight excluding hydrogens is 433 g/mol. The van der Waals surface area contributed by atoms with E-state index < -0.39 is 0 Å². The minimum absolute atomic E-state index is 0.216. The van der Waals surface area contributed by atoms with Crippen LogP contribution in [-0.4, -0.2) is 27.4 Å². The summed E-state index contributed by atoms with van der Waals surface area (Å²) < 4.78 is 21.2. The zero-order valence-corrected chi connectivity index (χ0v) is 19.2. The highest BCUT2D eigenvalue weighted by Crippen LogP contribution is 2.25. The van der Waals surface area contributed by atoms with E-state index in [4.69, 9.17) is 4.74 Å². The minimum Gasteiger partial charge on any atom is -0.462 e. The van der Waals surface area contributed by atoms with Gasteiger partial charge in [0, 0.05) is 16.9 Å². The first-order chi connectivity index (χ1) is 16.4. The van der Waals surface area contributed by atoms with Crippen LogP contribution >= 0.6 is 0 Å². The highest BCUT2D eigenvalue weighted by molar-refractivity contribution is 6.00. The summed E-state index contributed by atoms with van der Waals surface area (Å²) in [6.07, 6.45) is 0. The van der Waals surface area contributed by atoms with E-state index in [1.807, 2.05) is 45.0 Å². The Hall–Kier alpha value is -4.20. The average molecular weight is 460 g/mol. The van der Waals surface area contributed by atoms with Gasteiger partial charge in [0.05, 0.1) is 12.3 Å². The van der Waals surface area contributed by atoms with Crippen LogP contribution in [0.25, 0.3) is 17.1 Å². The molecule has 2 N–H and O–H groups in total. The maximum absolute atomic E-state index is 13.9. The van der Waals surface area contributed by atoms with Crippen molar-refractivity contribution in [2.75, 3.05) is 17.2 Å². The predicted molar refractivity (Wildman–Crippen MR) is 131 cm³/mol. The van der Waals surface area contributed by atoms with E-state index in [-0.39, 0.29) is 17.9 Å². The molecule has 7 nitrogen and oxygen atoms in total. The lowest BCUT2D eigenvalue weighted by molar-refractivity contribution is 0.251. The Labute approximate surface area is 197 Å². The molecule has 0 bridgehead atoms. The van der Waals surface area contributed by atoms with Crippen molar-refractivity contribution in [3.8, 4) is 23.1 Å². The first-order valence-corrected chi connectivity index (χ1v) is 11.0. The van der Waals surface area contributed by atoms with Crippen LogP contribution in [0.3, 0.4) is 0 Å². The molecule has 0 aliphatic heterocycles. The molecule has 0 aliphatic rings. The first kappa shape index (κ1) is 23.0. The summed E-state index contributed by atoms with van der Waals surface area (Å²) >= 11 is 0. The van der Waals surface area contributed by atoms with Crippen molar-refractivity contribution in [2.45, 2.75) is 20.8 Å². The molecule has 0 radical (unpaired) electrons. The molecular formula is C26H26FN5O2. The molecule has 1 aromatic heterocycles. The quantitative estimate of drug-likeness (QED) is 0.352. The van der Waals surface area contributed by atoms with Gasteiger partial charge >= 0.3 is 12.0 Å². The topological polar surface area (TPSA) is 81.1 Å². The van der Waals surface area contributed by atoms with Crippen LogP contribution in [0.2, 0.25) is 0 Å². The molecule has 8 heteroatoms. The highest BCUT2D eigenvalue weighted by atomic mass is 19.1. The van der Waals surface area contributed by atoms with Crippen molar-refractivity contribution in [2.24, 2.45) is 5.92 Å². The molecule has 1 heterocycles. The van der Waals surface area contributed by atoms with Gasteiger partial charge in [-0.05, 0) is 60.9 Å². The Morgan fingerprint density at radius 1 is 1.03 bits per heavy atom. The summed E-state index contributed by atoms with van der Waals surface area (Å²) in [4.78, 5) is 16.9. The third-order valence-electron chi connectivity index (χ3n) is 4.98. The second-order valence-electron chi connectivity index (χ2n) is 8.29. The summed E-state index contributed by atoms with van der Waals surface area (Å²) in [5.74, 6) is 0.396. The minimum atomic E-state index is -0.365. The van der Waals surface area contributed by atoms with Crippen LogP contribution in [0.4, 0.5) is 20.6 Å². The van der Waals surface area contributed by atoms with Crippen molar-refractivity contribution in [1.29, 1.82) is 0 Å². The van der Waals surface area contributed by atoms with Crippen molar-refractivity contribution in [3.63, 3.8) is 0 Å². The van der Waals surface area contributed by atoms with Gasteiger partial charge in [0.1, 0.15) is 5.82 Å². The van der Waals surface area contributed by atoms with Crippen molar-refractivity contribution >= 4 is 17.4 Å². The van der Waals surface area contributed by atoms with E-state index in [0.717, 1.165) is 11.3 Å². The smallest absolute Gasteiger partial charge is 0.336 e. The Morgan fingerprint density at radius 2 is 1.79 bits per heavy atom. The Morgan fingerprint density at radius 3 is 2.50 bits per heavy atom. The number of benzene rings is 3. The number of rotatable bonds is 7. The van der Waals surface area contributed by atoms with Crippen molar-refractivity contribution in [1.82, 2.24) is 14.8 Å². The Bertz CT molecular complexity index is 1280. The van der Waals surface area contributed by atoms with Crippen LogP contribution in [-0.2, 0) is 0 Å². The SMILES string of the molecule is Cc1ccccc1NC(=O)Nc1ccc(-n2nc(OCC(C)C)nc2-c2cccc(F)c2)cc1. The molecule has 2 amide bonds. The van der Waals surface area contributed by atoms with Crippen molar-refractivity contribution in [3.05, 3.63) is 84.2 Å². The second-order valence-corrected chi connectivity index (χ2v) is 8.29. The molecule has 0 fully saturated rings. The van der Waals surface area contributed by atoms with Crippen LogP contribution in [0.5, 0.6) is 6.01 Å². The number of hydrogen-bond donors (Lipinski definition) is 2. The molecule has 4 aromatic rings. The van der Waals surface area contributed by atoms with Gasteiger partial charge in [-0.25, -0.2) is 13.9 Å². The molecule has 0 saturated heterocycles. The predicted octanol–water partition coefficient (Wildman–Crippen LogP) is 6.06. The van der Waals surface area contributed by atoms with Gasteiger partial charge in [-0.1, -0.05) is 44.2 Å². The number of carbonyl (C=O) groups excluding carboxylic acids is 1. The molecule has 174 valence electrons. The number of amides is 2. The molecule has 0 unspecified atom stereocenters. The normalized spacial score (nSPS) is 10.9. The Balaban J connectivity index is 1.56. The van der Waals surface area contributed by atoms with Gasteiger partial charge in [-0.2, -0.15) is 4.98 Å². The monoisotopic (exact) mass is 459 g/mol. The van der Waals surface area contributed by atoms with Gasteiger partial charge in [0.15, 0.2) is 5.82 Å². The highest BCUT2D eigenvalue weighted by Gasteiger charge is 2.16. The van der Waals surface area contributed by atoms with Crippen LogP contribution < -0.4 is 15.4 Å². The summed E-state index contributed by atoms with van der Waals surface area (Å²) in [5, 5.41) is 10.1. The lowest BCUT2D eigenvalue weighted by Crippen LogP contribution is -2.19. The second kappa shape index (κ2) is 10.2. The number of halogens is 1. The van der Waals surface area contributed by atoms with Crippen LogP contribution in [0.15, 0.2) is 72.8 Å². The zero-order chi connectivity index (χ0) is 24.1. The van der Waals surface area contributed by atoms with Gasteiger partial charge in [-0.3, -0.25) is 0 Å². The van der Waals surface area contributed by atoms with Gasteiger partial charge in [0.25, 0.3) is 0 Å². The van der Waals surface area contributed by atoms with Crippen LogP contribution in [0.1, 0.15) is 19.4 Å². The number of para-hydroxylation sites is 1. The molecule has 0 saturated carbocycles. The maximum Gasteiger partial charge on any atom is 0.336 e. The number of ether oxygens (including phenoxy) is 1. The fourth-order valence-corrected chi connectivity index (χ4v) is 3.27. The molecule has 0 spiro atoms. The first-order valence-electron chi connectivity index (χ1n) is 11.0. The lowest BCUT2D eigenvalue weighted by Gasteiger charge is -2.11. The third-order valence-corrected chi connectivity index (χ3v) is 4.98. The van der Waals surface area contributed by atoms with Gasteiger partial charge < -0.3 is 15.4 Å². The van der Waals surface area contributed by atoms with Gasteiger partial charge in [0.2, 0.25) is 0 Å². The van der Waals surface area contributed by atoms with E-state index in [1.165, 1.54) is 12.1 Å². The number of carbonyl (C=O) groups is 1. The number of nitrogens with zero attached hydrogens (tertiary/aromatic N) is 3. The number of aromatic nitrogens is 3. The summed E-state index contributed by atoms with van der Waals surface area (Å²) in [7, 11) is 0. The summed E-state index contributed by atoms with van der Waals surface area (Å²) in [5.41, 5.74) is 3.59. The lowest BCUT2D eigenvalue weighted by atomic mass is 10.2. The summed E-state index contributed by atoms with van der Waals surface area (Å²) in [6, 6.07) is 20.7. The standard InChI is InChI=1S/C26H26FN5O2/c1-17(2)16-34-26-30-24(19-8-6-9-20(27)15-19)32(31-26)22-13-11-21(12-14-22)28-25(33)29-23-10-5-4-7-18(23)3/h4-15,17H,16H2,1-3H3,(H2,28,29,33). The van der Waals surface area contributed by atoms with Crippen LogP contribution in [0, 0.1) is 18.7 Å². The fraction of sp³-hybridized carbons (Fsp3) is 0.192. The fourth-order valence-electron chi connectivity index (χ4n) is 3.27. The summed E-state index contributed by atoms with van der Waals surface area (Å²) in [6.45, 7) is 6.46. The maximum atomic E-state index is 13.9. The number of nitrogens with one attached hydrogen (secondary N) is 2. The number of aryl methyl sites for hydroxylation is 1. The number of anilines is 2. The molecule has 0 aliphatic carbocycles. The molecule has 0 atom stereocenters. The van der Waals surface area contributed by atoms with E-state index in [1.54, 1.807) is 41.1 Å². The number of urea groups is 1. The Kier molecular flexibility index (Phi) is 6.87. The van der Waals surface area contributed by atoms with E-state index in [9.17, 15) is 9.18 Å².